The monoisotopic (exact) mass is 283 g/mol. The number of nitrogens with two attached hydrogens (primary N) is 1. The quantitative estimate of drug-likeness (QED) is 0.910. The first-order chi connectivity index (χ1) is 7.24. The Labute approximate surface area is 100 Å². The fourth-order valence-corrected chi connectivity index (χ4v) is 2.16. The summed E-state index contributed by atoms with van der Waals surface area (Å²) in [6, 6.07) is 8.02. The number of nitrogen functional groups attached to an aromatic ring is 1. The highest BCUT2D eigenvalue weighted by Gasteiger charge is 1.98. The van der Waals surface area contributed by atoms with Crippen LogP contribution in [0.2, 0.25) is 0 Å². The van der Waals surface area contributed by atoms with E-state index in [4.69, 9.17) is 5.73 Å². The van der Waals surface area contributed by atoms with Crippen molar-refractivity contribution in [3.05, 3.63) is 39.8 Å². The number of benzene rings is 1. The molecule has 5 heteroatoms. The van der Waals surface area contributed by atoms with Crippen molar-refractivity contribution in [2.24, 2.45) is 0 Å². The SMILES string of the molecule is Nc1nc(CNc2cccc(Br)c2)cs1. The van der Waals surface area contributed by atoms with Crippen LogP contribution in [0, 0.1) is 0 Å². The molecule has 0 atom stereocenters. The smallest absolute Gasteiger partial charge is 0.180 e. The Morgan fingerprint density at radius 2 is 2.33 bits per heavy atom. The molecule has 1 aromatic heterocycles. The lowest BCUT2D eigenvalue weighted by molar-refractivity contribution is 1.08. The van der Waals surface area contributed by atoms with Crippen LogP contribution in [0.1, 0.15) is 5.69 Å². The van der Waals surface area contributed by atoms with E-state index in [0.29, 0.717) is 11.7 Å². The number of nitrogens with one attached hydrogen (secondary N) is 1. The van der Waals surface area contributed by atoms with Gasteiger partial charge in [-0.2, -0.15) is 0 Å². The number of aromatic nitrogens is 1. The maximum absolute atomic E-state index is 5.54. The molecule has 2 aromatic rings. The Morgan fingerprint density at radius 1 is 1.47 bits per heavy atom. The van der Waals surface area contributed by atoms with Gasteiger partial charge >= 0.3 is 0 Å². The van der Waals surface area contributed by atoms with Gasteiger partial charge in [-0.25, -0.2) is 4.98 Å². The number of hydrogen-bond acceptors (Lipinski definition) is 4. The predicted molar refractivity (Wildman–Crippen MR) is 68.0 cm³/mol. The van der Waals surface area contributed by atoms with Gasteiger partial charge in [0, 0.05) is 15.5 Å². The molecule has 15 heavy (non-hydrogen) atoms. The largest absolute Gasteiger partial charge is 0.379 e. The summed E-state index contributed by atoms with van der Waals surface area (Å²) < 4.78 is 1.06. The summed E-state index contributed by atoms with van der Waals surface area (Å²) in [5.74, 6) is 0. The molecule has 0 saturated heterocycles. The van der Waals surface area contributed by atoms with E-state index >= 15 is 0 Å². The summed E-state index contributed by atoms with van der Waals surface area (Å²) in [5, 5.41) is 5.84. The third-order valence-electron chi connectivity index (χ3n) is 1.87. The fourth-order valence-electron chi connectivity index (χ4n) is 1.19. The fraction of sp³-hybridized carbons (Fsp3) is 0.100. The van der Waals surface area contributed by atoms with Gasteiger partial charge in [0.15, 0.2) is 5.13 Å². The van der Waals surface area contributed by atoms with Gasteiger partial charge in [-0.3, -0.25) is 0 Å². The van der Waals surface area contributed by atoms with Crippen LogP contribution in [0.3, 0.4) is 0 Å². The van der Waals surface area contributed by atoms with Crippen LogP contribution < -0.4 is 11.1 Å². The van der Waals surface area contributed by atoms with E-state index in [0.717, 1.165) is 15.9 Å². The lowest BCUT2D eigenvalue weighted by atomic mass is 10.3. The van der Waals surface area contributed by atoms with E-state index in [-0.39, 0.29) is 0 Å². The average molecular weight is 284 g/mol. The van der Waals surface area contributed by atoms with Gasteiger partial charge < -0.3 is 11.1 Å². The highest BCUT2D eigenvalue weighted by molar-refractivity contribution is 9.10. The molecule has 1 aromatic carbocycles. The van der Waals surface area contributed by atoms with Gasteiger partial charge in [0.2, 0.25) is 0 Å². The molecule has 3 N–H and O–H groups in total. The number of hydrogen-bond donors (Lipinski definition) is 2. The minimum atomic E-state index is 0.612. The van der Waals surface area contributed by atoms with E-state index in [1.807, 2.05) is 29.6 Å². The zero-order valence-electron chi connectivity index (χ0n) is 7.90. The van der Waals surface area contributed by atoms with Crippen molar-refractivity contribution < 1.29 is 0 Å². The molecular weight excluding hydrogens is 274 g/mol. The van der Waals surface area contributed by atoms with E-state index in [9.17, 15) is 0 Å². The van der Waals surface area contributed by atoms with Crippen molar-refractivity contribution in [1.82, 2.24) is 4.98 Å². The van der Waals surface area contributed by atoms with Gasteiger partial charge in [0.25, 0.3) is 0 Å². The average Bonchev–Trinajstić information content (AvgIpc) is 2.62. The second-order valence-corrected chi connectivity index (χ2v) is 4.85. The minimum Gasteiger partial charge on any atom is -0.379 e. The Morgan fingerprint density at radius 3 is 3.00 bits per heavy atom. The van der Waals surface area contributed by atoms with Crippen molar-refractivity contribution in [2.75, 3.05) is 11.1 Å². The van der Waals surface area contributed by atoms with Gasteiger partial charge in [0.05, 0.1) is 12.2 Å². The van der Waals surface area contributed by atoms with Gasteiger partial charge in [0.1, 0.15) is 0 Å². The van der Waals surface area contributed by atoms with Crippen LogP contribution in [0.25, 0.3) is 0 Å². The van der Waals surface area contributed by atoms with E-state index in [2.05, 4.69) is 26.2 Å². The summed E-state index contributed by atoms with van der Waals surface area (Å²) >= 11 is 4.88. The van der Waals surface area contributed by atoms with Crippen LogP contribution in [0.5, 0.6) is 0 Å². The standard InChI is InChI=1S/C10H10BrN3S/c11-7-2-1-3-8(4-7)13-5-9-6-15-10(12)14-9/h1-4,6,13H,5H2,(H2,12,14). The molecule has 0 aliphatic carbocycles. The molecule has 0 amide bonds. The zero-order chi connectivity index (χ0) is 10.7. The third kappa shape index (κ3) is 2.94. The molecule has 0 radical (unpaired) electrons. The highest BCUT2D eigenvalue weighted by Crippen LogP contribution is 2.17. The first kappa shape index (κ1) is 10.4. The van der Waals surface area contributed by atoms with Crippen molar-refractivity contribution in [3.63, 3.8) is 0 Å². The Kier molecular flexibility index (Phi) is 3.23. The molecule has 0 saturated carbocycles. The third-order valence-corrected chi connectivity index (χ3v) is 3.08. The van der Waals surface area contributed by atoms with E-state index in [1.54, 1.807) is 0 Å². The molecular formula is C10H10BrN3S. The molecule has 3 nitrogen and oxygen atoms in total. The molecule has 0 bridgehead atoms. The normalized spacial score (nSPS) is 10.2. The molecule has 0 spiro atoms. The Hall–Kier alpha value is -1.07. The molecule has 1 heterocycles. The molecule has 0 aliphatic rings. The summed E-state index contributed by atoms with van der Waals surface area (Å²) in [7, 11) is 0. The van der Waals surface area contributed by atoms with E-state index in [1.165, 1.54) is 11.3 Å². The number of thiazole rings is 1. The number of rotatable bonds is 3. The minimum absolute atomic E-state index is 0.612. The predicted octanol–water partition coefficient (Wildman–Crippen LogP) is 3.10. The number of anilines is 2. The van der Waals surface area contributed by atoms with Crippen molar-refractivity contribution in [1.29, 1.82) is 0 Å². The number of nitrogens with zero attached hydrogens (tertiary/aromatic N) is 1. The first-order valence-electron chi connectivity index (χ1n) is 4.43. The van der Waals surface area contributed by atoms with E-state index < -0.39 is 0 Å². The summed E-state index contributed by atoms with van der Waals surface area (Å²) in [6.45, 7) is 0.699. The molecule has 0 fully saturated rings. The van der Waals surface area contributed by atoms with Crippen molar-refractivity contribution in [3.8, 4) is 0 Å². The topological polar surface area (TPSA) is 50.9 Å². The lowest BCUT2D eigenvalue weighted by Gasteiger charge is -2.04. The second kappa shape index (κ2) is 4.63. The van der Waals surface area contributed by atoms with Crippen molar-refractivity contribution in [2.45, 2.75) is 6.54 Å². The number of halogens is 1. The van der Waals surface area contributed by atoms with Gasteiger partial charge in [-0.1, -0.05) is 22.0 Å². The van der Waals surface area contributed by atoms with Crippen molar-refractivity contribution >= 4 is 38.1 Å². The molecule has 0 aliphatic heterocycles. The Bertz CT molecular complexity index is 455. The van der Waals surface area contributed by atoms with Crippen LogP contribution in [0.4, 0.5) is 10.8 Å². The summed E-state index contributed by atoms with van der Waals surface area (Å²) in [5.41, 5.74) is 7.58. The van der Waals surface area contributed by atoms with Crippen LogP contribution in [-0.4, -0.2) is 4.98 Å². The molecule has 2 rings (SSSR count). The Balaban J connectivity index is 1.99. The maximum Gasteiger partial charge on any atom is 0.180 e. The molecule has 78 valence electrons. The summed E-state index contributed by atoms with van der Waals surface area (Å²) in [4.78, 5) is 4.17. The lowest BCUT2D eigenvalue weighted by Crippen LogP contribution is -1.99. The van der Waals surface area contributed by atoms with Gasteiger partial charge in [-0.05, 0) is 18.2 Å². The van der Waals surface area contributed by atoms with Crippen LogP contribution in [-0.2, 0) is 6.54 Å². The highest BCUT2D eigenvalue weighted by atomic mass is 79.9. The summed E-state index contributed by atoms with van der Waals surface area (Å²) in [6.07, 6.45) is 0. The van der Waals surface area contributed by atoms with Gasteiger partial charge in [-0.15, -0.1) is 11.3 Å². The molecule has 0 unspecified atom stereocenters. The zero-order valence-corrected chi connectivity index (χ0v) is 10.3. The first-order valence-corrected chi connectivity index (χ1v) is 6.10. The second-order valence-electron chi connectivity index (χ2n) is 3.04. The van der Waals surface area contributed by atoms with Crippen LogP contribution >= 0.6 is 27.3 Å². The maximum atomic E-state index is 5.54. The van der Waals surface area contributed by atoms with Crippen LogP contribution in [0.15, 0.2) is 34.1 Å².